The highest BCUT2D eigenvalue weighted by molar-refractivity contribution is 5.89. The summed E-state index contributed by atoms with van der Waals surface area (Å²) in [7, 11) is 1.77. The van der Waals surface area contributed by atoms with Gasteiger partial charge < -0.3 is 15.3 Å². The number of aromatic carboxylic acids is 1. The molecule has 0 aliphatic heterocycles. The van der Waals surface area contributed by atoms with Crippen molar-refractivity contribution in [1.82, 2.24) is 10.2 Å². The summed E-state index contributed by atoms with van der Waals surface area (Å²) in [6, 6.07) is 6.86. The first kappa shape index (κ1) is 17.0. The molecule has 21 heavy (non-hydrogen) atoms. The molecule has 0 radical (unpaired) electrons. The van der Waals surface area contributed by atoms with E-state index in [1.54, 1.807) is 36.2 Å². The van der Waals surface area contributed by atoms with Gasteiger partial charge >= 0.3 is 12.0 Å². The number of nitrogens with one attached hydrogen (secondary N) is 1. The van der Waals surface area contributed by atoms with Gasteiger partial charge in [0.25, 0.3) is 0 Å². The fourth-order valence-corrected chi connectivity index (χ4v) is 2.01. The molecule has 1 atom stereocenters. The second-order valence-electron chi connectivity index (χ2n) is 5.54. The molecule has 0 saturated carbocycles. The number of benzene rings is 1. The Balaban J connectivity index is 2.54. The van der Waals surface area contributed by atoms with Gasteiger partial charge in [-0.15, -0.1) is 0 Å². The van der Waals surface area contributed by atoms with Crippen molar-refractivity contribution >= 4 is 12.0 Å². The third kappa shape index (κ3) is 4.77. The molecule has 2 amide bonds. The van der Waals surface area contributed by atoms with Gasteiger partial charge in [-0.05, 0) is 30.9 Å². The first-order valence-corrected chi connectivity index (χ1v) is 7.16. The van der Waals surface area contributed by atoms with E-state index in [2.05, 4.69) is 19.2 Å². The van der Waals surface area contributed by atoms with Gasteiger partial charge in [-0.2, -0.15) is 0 Å². The first-order valence-electron chi connectivity index (χ1n) is 7.16. The van der Waals surface area contributed by atoms with Crippen molar-refractivity contribution < 1.29 is 14.7 Å². The Morgan fingerprint density at radius 1 is 1.24 bits per heavy atom. The van der Waals surface area contributed by atoms with Gasteiger partial charge in [0.1, 0.15) is 0 Å². The summed E-state index contributed by atoms with van der Waals surface area (Å²) in [6.45, 7) is 6.55. The molecule has 0 spiro atoms. The Hall–Kier alpha value is -2.04. The second kappa shape index (κ2) is 7.67. The highest BCUT2D eigenvalue weighted by Crippen LogP contribution is 2.10. The van der Waals surface area contributed by atoms with Crippen molar-refractivity contribution in [3.63, 3.8) is 0 Å². The van der Waals surface area contributed by atoms with E-state index in [9.17, 15) is 9.59 Å². The summed E-state index contributed by atoms with van der Waals surface area (Å²) < 4.78 is 0. The minimum absolute atomic E-state index is 0.135. The first-order chi connectivity index (χ1) is 9.84. The van der Waals surface area contributed by atoms with Crippen LogP contribution in [0.3, 0.4) is 0 Å². The average molecular weight is 292 g/mol. The highest BCUT2D eigenvalue weighted by Gasteiger charge is 2.18. The highest BCUT2D eigenvalue weighted by atomic mass is 16.4. The third-order valence-electron chi connectivity index (χ3n) is 3.81. The van der Waals surface area contributed by atoms with E-state index in [-0.39, 0.29) is 17.6 Å². The third-order valence-corrected chi connectivity index (χ3v) is 3.81. The van der Waals surface area contributed by atoms with Crippen LogP contribution in [0.25, 0.3) is 0 Å². The largest absolute Gasteiger partial charge is 0.478 e. The van der Waals surface area contributed by atoms with Crippen molar-refractivity contribution in [3.8, 4) is 0 Å². The molecule has 0 bridgehead atoms. The van der Waals surface area contributed by atoms with Crippen LogP contribution < -0.4 is 5.32 Å². The zero-order chi connectivity index (χ0) is 16.0. The maximum Gasteiger partial charge on any atom is 0.335 e. The number of carbonyl (C=O) groups is 2. The maximum absolute atomic E-state index is 12.0. The van der Waals surface area contributed by atoms with E-state index in [1.165, 1.54) is 0 Å². The standard InChI is InChI=1S/C16H24N2O3/c1-11(2)12(3)18(4)16(21)17-10-9-13-7-5-6-8-14(13)15(19)20/h5-8,11-12H,9-10H2,1-4H3,(H,17,21)(H,19,20). The molecule has 0 aromatic heterocycles. The van der Waals surface area contributed by atoms with Crippen LogP contribution >= 0.6 is 0 Å². The topological polar surface area (TPSA) is 69.6 Å². The van der Waals surface area contributed by atoms with Crippen LogP contribution in [0.15, 0.2) is 24.3 Å². The molecule has 1 rings (SSSR count). The molecule has 1 unspecified atom stereocenters. The smallest absolute Gasteiger partial charge is 0.335 e. The molecule has 0 fully saturated rings. The number of urea groups is 1. The number of hydrogen-bond donors (Lipinski definition) is 2. The van der Waals surface area contributed by atoms with Gasteiger partial charge in [0.05, 0.1) is 5.56 Å². The van der Waals surface area contributed by atoms with E-state index in [1.807, 2.05) is 6.92 Å². The minimum atomic E-state index is -0.942. The average Bonchev–Trinajstić information content (AvgIpc) is 2.45. The molecule has 116 valence electrons. The SMILES string of the molecule is CC(C)C(C)N(C)C(=O)NCCc1ccccc1C(=O)O. The number of carbonyl (C=O) groups excluding carboxylic acids is 1. The van der Waals surface area contributed by atoms with Crippen LogP contribution in [-0.2, 0) is 6.42 Å². The van der Waals surface area contributed by atoms with Crippen molar-refractivity contribution in [1.29, 1.82) is 0 Å². The van der Waals surface area contributed by atoms with E-state index in [0.29, 0.717) is 18.9 Å². The Labute approximate surface area is 126 Å². The van der Waals surface area contributed by atoms with Gasteiger partial charge in [0, 0.05) is 19.6 Å². The number of hydrogen-bond acceptors (Lipinski definition) is 2. The number of nitrogens with zero attached hydrogens (tertiary/aromatic N) is 1. The summed E-state index contributed by atoms with van der Waals surface area (Å²) in [5, 5.41) is 11.9. The number of amides is 2. The molecular weight excluding hydrogens is 268 g/mol. The fourth-order valence-electron chi connectivity index (χ4n) is 2.01. The molecule has 0 aliphatic carbocycles. The summed E-state index contributed by atoms with van der Waals surface area (Å²) in [5.41, 5.74) is 1.01. The number of carboxylic acid groups (broad SMARTS) is 1. The molecule has 5 nitrogen and oxygen atoms in total. The molecule has 1 aromatic rings. The van der Waals surface area contributed by atoms with Crippen LogP contribution in [0.4, 0.5) is 4.79 Å². The Kier molecular flexibility index (Phi) is 6.21. The van der Waals surface area contributed by atoms with Crippen LogP contribution in [0.5, 0.6) is 0 Å². The van der Waals surface area contributed by atoms with Crippen LogP contribution in [0.1, 0.15) is 36.7 Å². The van der Waals surface area contributed by atoms with Gasteiger partial charge in [0.2, 0.25) is 0 Å². The summed E-state index contributed by atoms with van der Waals surface area (Å²) in [6.07, 6.45) is 0.498. The summed E-state index contributed by atoms with van der Waals surface area (Å²) in [5.74, 6) is -0.559. The lowest BCUT2D eigenvalue weighted by molar-refractivity contribution is 0.0695. The fraction of sp³-hybridized carbons (Fsp3) is 0.500. The lowest BCUT2D eigenvalue weighted by Gasteiger charge is -2.28. The van der Waals surface area contributed by atoms with Gasteiger partial charge in [-0.1, -0.05) is 32.0 Å². The van der Waals surface area contributed by atoms with Crippen LogP contribution in [0.2, 0.25) is 0 Å². The predicted molar refractivity (Wildman–Crippen MR) is 82.6 cm³/mol. The molecule has 1 aromatic carbocycles. The monoisotopic (exact) mass is 292 g/mol. The Morgan fingerprint density at radius 3 is 2.43 bits per heavy atom. The van der Waals surface area contributed by atoms with Gasteiger partial charge in [-0.3, -0.25) is 0 Å². The van der Waals surface area contributed by atoms with Crippen molar-refractivity contribution in [2.45, 2.75) is 33.2 Å². The van der Waals surface area contributed by atoms with Crippen molar-refractivity contribution in [3.05, 3.63) is 35.4 Å². The molecule has 0 heterocycles. The Morgan fingerprint density at radius 2 is 1.86 bits per heavy atom. The quantitative estimate of drug-likeness (QED) is 0.846. The van der Waals surface area contributed by atoms with Gasteiger partial charge in [-0.25, -0.2) is 9.59 Å². The zero-order valence-corrected chi connectivity index (χ0v) is 13.1. The summed E-state index contributed by atoms with van der Waals surface area (Å²) >= 11 is 0. The summed E-state index contributed by atoms with van der Waals surface area (Å²) in [4.78, 5) is 24.8. The van der Waals surface area contributed by atoms with Crippen LogP contribution in [-0.4, -0.2) is 41.6 Å². The molecule has 0 aliphatic rings. The predicted octanol–water partition coefficient (Wildman–Crippen LogP) is 2.61. The lowest BCUT2D eigenvalue weighted by Crippen LogP contribution is -2.45. The van der Waals surface area contributed by atoms with Gasteiger partial charge in [0.15, 0.2) is 0 Å². The number of carboxylic acids is 1. The lowest BCUT2D eigenvalue weighted by atomic mass is 10.0. The maximum atomic E-state index is 12.0. The molecular formula is C16H24N2O3. The van der Waals surface area contributed by atoms with E-state index in [0.717, 1.165) is 5.56 Å². The minimum Gasteiger partial charge on any atom is -0.478 e. The van der Waals surface area contributed by atoms with E-state index >= 15 is 0 Å². The number of rotatable bonds is 6. The van der Waals surface area contributed by atoms with Crippen molar-refractivity contribution in [2.24, 2.45) is 5.92 Å². The molecule has 2 N–H and O–H groups in total. The normalized spacial score (nSPS) is 12.0. The van der Waals surface area contributed by atoms with E-state index < -0.39 is 5.97 Å². The zero-order valence-electron chi connectivity index (χ0n) is 13.1. The van der Waals surface area contributed by atoms with Crippen LogP contribution in [0, 0.1) is 5.92 Å². The Bertz CT molecular complexity index is 500. The molecule has 0 saturated heterocycles. The second-order valence-corrected chi connectivity index (χ2v) is 5.54. The van der Waals surface area contributed by atoms with Crippen molar-refractivity contribution in [2.75, 3.05) is 13.6 Å². The molecule has 5 heteroatoms. The van der Waals surface area contributed by atoms with E-state index in [4.69, 9.17) is 5.11 Å².